The molecule has 0 radical (unpaired) electrons. The number of pyridine rings is 2. The lowest BCUT2D eigenvalue weighted by atomic mass is 9.92. The zero-order chi connectivity index (χ0) is 42.4. The van der Waals surface area contributed by atoms with Crippen LogP contribution in [0.1, 0.15) is 65.1 Å². The summed E-state index contributed by atoms with van der Waals surface area (Å²) in [6.07, 6.45) is -0.280. The molecule has 0 bridgehead atoms. The number of anilines is 4. The monoisotopic (exact) mass is 836 g/mol. The molecule has 13 nitrogen and oxygen atoms in total. The van der Waals surface area contributed by atoms with E-state index in [2.05, 4.69) is 45.8 Å². The molecule has 2 aromatic carbocycles. The molecule has 2 fully saturated rings. The van der Waals surface area contributed by atoms with Gasteiger partial charge < -0.3 is 34.3 Å². The number of ether oxygens (including phenoxy) is 2. The lowest BCUT2D eigenvalue weighted by Crippen LogP contribution is -2.36. The van der Waals surface area contributed by atoms with Gasteiger partial charge in [-0.05, 0) is 68.7 Å². The molecule has 2 aliphatic heterocycles. The Balaban J connectivity index is 1.06. The molecule has 0 aliphatic carbocycles. The van der Waals surface area contributed by atoms with E-state index >= 15 is 13.2 Å². The van der Waals surface area contributed by atoms with Crippen LogP contribution in [0.25, 0.3) is 32.8 Å². The summed E-state index contributed by atoms with van der Waals surface area (Å²) in [7, 11) is 0. The van der Waals surface area contributed by atoms with Crippen LogP contribution in [0.15, 0.2) is 65.5 Å². The molecule has 7 heterocycles. The summed E-state index contributed by atoms with van der Waals surface area (Å²) in [6, 6.07) is 11.1. The van der Waals surface area contributed by atoms with Crippen molar-refractivity contribution in [2.75, 3.05) is 73.0 Å². The van der Waals surface area contributed by atoms with Crippen molar-refractivity contribution in [3.8, 4) is 0 Å². The van der Waals surface area contributed by atoms with Crippen molar-refractivity contribution in [2.45, 2.75) is 52.4 Å². The number of para-hydroxylation sites is 1. The molecule has 316 valence electrons. The summed E-state index contributed by atoms with van der Waals surface area (Å²) in [4.78, 5) is 13.8. The fourth-order valence-electron chi connectivity index (χ4n) is 8.26. The highest BCUT2D eigenvalue weighted by atomic mass is 19.4. The van der Waals surface area contributed by atoms with Crippen molar-refractivity contribution in [3.05, 3.63) is 106 Å². The largest absolute Gasteiger partial charge is 0.461 e. The Morgan fingerprint density at radius 3 is 2.00 bits per heavy atom. The lowest BCUT2D eigenvalue weighted by molar-refractivity contribution is -0.138. The minimum atomic E-state index is -4.69. The number of alkyl halides is 3. The van der Waals surface area contributed by atoms with Crippen LogP contribution >= 0.6 is 0 Å². The van der Waals surface area contributed by atoms with E-state index in [1.807, 2.05) is 32.0 Å². The van der Waals surface area contributed by atoms with E-state index in [1.54, 1.807) is 44.4 Å². The Bertz CT molecular complexity index is 2750. The van der Waals surface area contributed by atoms with Crippen LogP contribution in [0, 0.1) is 19.7 Å². The molecule has 0 unspecified atom stereocenters. The highest BCUT2D eigenvalue weighted by Crippen LogP contribution is 2.39. The summed E-state index contributed by atoms with van der Waals surface area (Å²) in [5.41, 5.74) is 4.97. The number of fused-ring (bicyclic) bond motifs is 3. The lowest BCUT2D eigenvalue weighted by Gasteiger charge is -2.29. The Kier molecular flexibility index (Phi) is 10.8. The van der Waals surface area contributed by atoms with Gasteiger partial charge in [-0.1, -0.05) is 18.2 Å². The molecule has 0 spiro atoms. The number of aromatic nitrogens is 6. The maximum Gasteiger partial charge on any atom is 0.416 e. The topological polar surface area (TPSA) is 139 Å². The van der Waals surface area contributed by atoms with Gasteiger partial charge in [-0.3, -0.25) is 9.97 Å². The molecule has 5 aromatic heterocycles. The molecule has 2 atom stereocenters. The predicted octanol–water partition coefficient (Wildman–Crippen LogP) is 8.49. The molecule has 0 saturated carbocycles. The Hall–Kier alpha value is -6.20. The summed E-state index contributed by atoms with van der Waals surface area (Å²) in [5.74, 6) is 0.335. The van der Waals surface area contributed by atoms with E-state index in [1.165, 1.54) is 6.07 Å². The molecule has 2 aliphatic rings. The van der Waals surface area contributed by atoms with Gasteiger partial charge in [0.1, 0.15) is 11.8 Å². The number of aryl methyl sites for hydroxylation is 2. The quantitative estimate of drug-likeness (QED) is 0.128. The number of benzene rings is 2. The van der Waals surface area contributed by atoms with Crippen LogP contribution in [0.5, 0.6) is 0 Å². The maximum atomic E-state index is 15.2. The first kappa shape index (κ1) is 40.2. The van der Waals surface area contributed by atoms with Crippen molar-refractivity contribution < 1.29 is 31.5 Å². The number of furan rings is 1. The molecular weight excluding hydrogens is 793 g/mol. The second kappa shape index (κ2) is 16.3. The van der Waals surface area contributed by atoms with Gasteiger partial charge in [0.05, 0.1) is 95.7 Å². The fraction of sp³-hybridized carbons (Fsp3) is 0.364. The number of rotatable bonds is 10. The third kappa shape index (κ3) is 7.94. The molecule has 7 aromatic rings. The first-order valence-corrected chi connectivity index (χ1v) is 20.3. The summed E-state index contributed by atoms with van der Waals surface area (Å²) < 4.78 is 76.6. The van der Waals surface area contributed by atoms with E-state index in [-0.39, 0.29) is 17.7 Å². The third-order valence-corrected chi connectivity index (χ3v) is 11.6. The van der Waals surface area contributed by atoms with Crippen molar-refractivity contribution >= 4 is 55.8 Å². The summed E-state index contributed by atoms with van der Waals surface area (Å²) in [5, 5.41) is 26.2. The van der Waals surface area contributed by atoms with Gasteiger partial charge in [-0.15, -0.1) is 10.2 Å². The van der Waals surface area contributed by atoms with Gasteiger partial charge in [0.2, 0.25) is 0 Å². The van der Waals surface area contributed by atoms with Gasteiger partial charge >= 0.3 is 6.18 Å². The molecule has 61 heavy (non-hydrogen) atoms. The zero-order valence-electron chi connectivity index (χ0n) is 34.1. The maximum absolute atomic E-state index is 15.2. The van der Waals surface area contributed by atoms with Crippen LogP contribution in [0.2, 0.25) is 0 Å². The zero-order valence-corrected chi connectivity index (χ0v) is 34.1. The van der Waals surface area contributed by atoms with Gasteiger partial charge in [0.15, 0.2) is 17.5 Å². The SMILES string of the molecule is Cc1cc([C@@H](C)Nc2nnc(C)c3ncc(N4CCOCC4)cc23)cc(C(F)(F)F)c1Cc1nnc(N[C@H](C)c2cccc3c(F)coc23)c2cc(N3CCOCC3)cnc12. The van der Waals surface area contributed by atoms with E-state index in [0.29, 0.717) is 101 Å². The number of morpholine rings is 2. The van der Waals surface area contributed by atoms with Crippen molar-refractivity contribution in [1.29, 1.82) is 0 Å². The number of nitrogens with zero attached hydrogens (tertiary/aromatic N) is 8. The van der Waals surface area contributed by atoms with Crippen LogP contribution in [-0.4, -0.2) is 83.0 Å². The standard InChI is InChI=1S/C44H44F4N10O3/c1-24-16-28(25(2)51-42-34-18-29(57-8-12-59-13-9-57)21-49-39(34)27(4)53-55-42)17-36(44(46,47)48)33(24)20-38-40-35(19-30(22-50-40)58-10-14-60-15-11-58)43(56-54-38)52-26(3)31-6-5-7-32-37(45)23-61-41(31)32/h5-7,16-19,21-23,25-26H,8-15,20H2,1-4H3,(H,51,55)(H,52,56)/t25-,26-/m1/s1. The predicted molar refractivity (Wildman–Crippen MR) is 225 cm³/mol. The van der Waals surface area contributed by atoms with E-state index in [4.69, 9.17) is 18.9 Å². The van der Waals surface area contributed by atoms with E-state index in [9.17, 15) is 4.39 Å². The average Bonchev–Trinajstić information content (AvgIpc) is 3.66. The minimum Gasteiger partial charge on any atom is -0.461 e. The average molecular weight is 837 g/mol. The molecule has 2 saturated heterocycles. The van der Waals surface area contributed by atoms with Crippen molar-refractivity contribution in [2.24, 2.45) is 0 Å². The molecule has 2 N–H and O–H groups in total. The molecule has 17 heteroatoms. The highest BCUT2D eigenvalue weighted by Gasteiger charge is 2.35. The molecular formula is C44H44F4N10O3. The number of hydrogen-bond donors (Lipinski definition) is 2. The Labute approximate surface area is 348 Å². The van der Waals surface area contributed by atoms with E-state index in [0.717, 1.165) is 36.1 Å². The fourth-order valence-corrected chi connectivity index (χ4v) is 8.26. The Morgan fingerprint density at radius 2 is 1.34 bits per heavy atom. The molecule has 0 amide bonds. The first-order valence-electron chi connectivity index (χ1n) is 20.3. The van der Waals surface area contributed by atoms with Crippen LogP contribution in [0.3, 0.4) is 0 Å². The Morgan fingerprint density at radius 1 is 0.738 bits per heavy atom. The molecule has 9 rings (SSSR count). The van der Waals surface area contributed by atoms with Gasteiger partial charge in [-0.2, -0.15) is 23.4 Å². The van der Waals surface area contributed by atoms with E-state index < -0.39 is 29.6 Å². The third-order valence-electron chi connectivity index (χ3n) is 11.6. The van der Waals surface area contributed by atoms with Crippen molar-refractivity contribution in [3.63, 3.8) is 0 Å². The number of nitrogens with one attached hydrogen (secondary N) is 2. The normalized spacial score (nSPS) is 16.1. The number of hydrogen-bond acceptors (Lipinski definition) is 13. The summed E-state index contributed by atoms with van der Waals surface area (Å²) in [6.45, 7) is 12.2. The highest BCUT2D eigenvalue weighted by molar-refractivity contribution is 5.94. The van der Waals surface area contributed by atoms with Gasteiger partial charge in [-0.25, -0.2) is 4.39 Å². The van der Waals surface area contributed by atoms with Gasteiger partial charge in [0.25, 0.3) is 0 Å². The van der Waals surface area contributed by atoms with Crippen LogP contribution < -0.4 is 20.4 Å². The van der Waals surface area contributed by atoms with Crippen molar-refractivity contribution in [1.82, 2.24) is 30.4 Å². The second-order valence-corrected chi connectivity index (χ2v) is 15.6. The minimum absolute atomic E-state index is 0.0682. The van der Waals surface area contributed by atoms with Crippen LogP contribution in [-0.2, 0) is 22.1 Å². The number of halogens is 4. The summed E-state index contributed by atoms with van der Waals surface area (Å²) >= 11 is 0. The smallest absolute Gasteiger partial charge is 0.416 e. The second-order valence-electron chi connectivity index (χ2n) is 15.6. The first-order chi connectivity index (χ1) is 29.4. The van der Waals surface area contributed by atoms with Gasteiger partial charge in [0, 0.05) is 48.9 Å². The van der Waals surface area contributed by atoms with Crippen LogP contribution in [0.4, 0.5) is 40.6 Å².